The Morgan fingerprint density at radius 2 is 1.49 bits per heavy atom. The van der Waals surface area contributed by atoms with Gasteiger partial charge in [-0.1, -0.05) is 82.1 Å². The molecule has 0 spiro atoms. The van der Waals surface area contributed by atoms with E-state index in [1.54, 1.807) is 0 Å². The van der Waals surface area contributed by atoms with Crippen LogP contribution in [0.25, 0.3) is 0 Å². The van der Waals surface area contributed by atoms with Crippen LogP contribution in [0.3, 0.4) is 0 Å². The van der Waals surface area contributed by atoms with Crippen molar-refractivity contribution in [3.63, 3.8) is 0 Å². The predicted molar refractivity (Wildman–Crippen MR) is 144 cm³/mol. The van der Waals surface area contributed by atoms with Crippen molar-refractivity contribution >= 4 is 0 Å². The summed E-state index contributed by atoms with van der Waals surface area (Å²) in [5.74, 6) is -0.955. The number of aromatic amines is 1. The van der Waals surface area contributed by atoms with Gasteiger partial charge in [0.2, 0.25) is 0 Å². The van der Waals surface area contributed by atoms with Gasteiger partial charge in [-0.3, -0.25) is 14.3 Å². The average Bonchev–Trinajstić information content (AvgIpc) is 3.28. The molecule has 3 rings (SSSR count). The molecule has 0 aliphatic carbocycles. The van der Waals surface area contributed by atoms with Crippen LogP contribution in [-0.4, -0.2) is 45.4 Å². The first-order valence-electron chi connectivity index (χ1n) is 13.8. The molecule has 2 fully saturated rings. The van der Waals surface area contributed by atoms with Crippen LogP contribution in [0, 0.1) is 21.7 Å². The van der Waals surface area contributed by atoms with E-state index in [0.717, 1.165) is 25.7 Å². The minimum Gasteiger partial charge on any atom is -0.394 e. The molecule has 1 aromatic rings. The Kier molecular flexibility index (Phi) is 8.33. The van der Waals surface area contributed by atoms with Gasteiger partial charge in [0.15, 0.2) is 12.0 Å². The van der Waals surface area contributed by atoms with E-state index in [9.17, 15) is 14.7 Å². The van der Waals surface area contributed by atoms with Crippen LogP contribution in [-0.2, 0) is 14.2 Å². The maximum Gasteiger partial charge on any atom is 0.330 e. The van der Waals surface area contributed by atoms with E-state index in [2.05, 4.69) is 74.2 Å². The maximum atomic E-state index is 12.7. The summed E-state index contributed by atoms with van der Waals surface area (Å²) < 4.78 is 21.3. The van der Waals surface area contributed by atoms with Crippen molar-refractivity contribution in [3.8, 4) is 0 Å². The van der Waals surface area contributed by atoms with Crippen molar-refractivity contribution in [2.45, 2.75) is 132 Å². The summed E-state index contributed by atoms with van der Waals surface area (Å²) in [5, 5.41) is 10.2. The fourth-order valence-corrected chi connectivity index (χ4v) is 6.65. The molecule has 2 aliphatic heterocycles. The third-order valence-electron chi connectivity index (χ3n) is 8.78. The second kappa shape index (κ2) is 10.2. The van der Waals surface area contributed by atoms with E-state index in [-0.39, 0.29) is 28.3 Å². The highest BCUT2D eigenvalue weighted by atomic mass is 16.8. The Labute approximate surface area is 222 Å². The quantitative estimate of drug-likeness (QED) is 0.424. The molecule has 0 bridgehead atoms. The molecule has 3 heterocycles. The van der Waals surface area contributed by atoms with E-state index in [0.29, 0.717) is 6.42 Å². The number of aliphatic hydroxyl groups excluding tert-OH is 1. The van der Waals surface area contributed by atoms with Gasteiger partial charge in [-0.05, 0) is 29.1 Å². The Hall–Kier alpha value is -1.48. The summed E-state index contributed by atoms with van der Waals surface area (Å²) in [6, 6.07) is 1.29. The van der Waals surface area contributed by atoms with Crippen LogP contribution in [0.2, 0.25) is 0 Å². The molecule has 2 saturated heterocycles. The molecule has 0 amide bonds. The molecule has 212 valence electrons. The highest BCUT2D eigenvalue weighted by molar-refractivity contribution is 5.06. The summed E-state index contributed by atoms with van der Waals surface area (Å²) in [6.07, 6.45) is 3.41. The monoisotopic (exact) mass is 522 g/mol. The fourth-order valence-electron chi connectivity index (χ4n) is 6.65. The van der Waals surface area contributed by atoms with Gasteiger partial charge in [-0.15, -0.1) is 0 Å². The van der Waals surface area contributed by atoms with Gasteiger partial charge in [0.05, 0.1) is 6.61 Å². The number of hydrogen-bond donors (Lipinski definition) is 2. The molecule has 0 radical (unpaired) electrons. The third kappa shape index (κ3) is 6.23. The van der Waals surface area contributed by atoms with Crippen LogP contribution in [0.5, 0.6) is 0 Å². The summed E-state index contributed by atoms with van der Waals surface area (Å²) >= 11 is 0. The van der Waals surface area contributed by atoms with Crippen LogP contribution in [0.1, 0.15) is 108 Å². The lowest BCUT2D eigenvalue weighted by Gasteiger charge is -2.50. The lowest BCUT2D eigenvalue weighted by molar-refractivity contribution is -0.290. The molecular formula is C29H50N2O6. The molecule has 8 heteroatoms. The van der Waals surface area contributed by atoms with Gasteiger partial charge in [-0.2, -0.15) is 0 Å². The Morgan fingerprint density at radius 1 is 0.919 bits per heavy atom. The van der Waals surface area contributed by atoms with Crippen molar-refractivity contribution in [1.29, 1.82) is 0 Å². The maximum absolute atomic E-state index is 12.7. The van der Waals surface area contributed by atoms with Crippen LogP contribution in [0.4, 0.5) is 0 Å². The van der Waals surface area contributed by atoms with Crippen molar-refractivity contribution in [1.82, 2.24) is 9.55 Å². The van der Waals surface area contributed by atoms with Gasteiger partial charge >= 0.3 is 5.69 Å². The number of fused-ring (bicyclic) bond motifs is 1. The lowest BCUT2D eigenvalue weighted by Crippen LogP contribution is -2.52. The Morgan fingerprint density at radius 3 is 2.03 bits per heavy atom. The topological polar surface area (TPSA) is 103 Å². The van der Waals surface area contributed by atoms with Gasteiger partial charge in [0, 0.05) is 24.1 Å². The van der Waals surface area contributed by atoms with Crippen LogP contribution < -0.4 is 11.2 Å². The number of nitrogens with one attached hydrogen (secondary N) is 1. The highest BCUT2D eigenvalue weighted by Gasteiger charge is 2.64. The van der Waals surface area contributed by atoms with Crippen LogP contribution >= 0.6 is 0 Å². The third-order valence-corrected chi connectivity index (χ3v) is 8.78. The minimum absolute atomic E-state index is 0.0654. The highest BCUT2D eigenvalue weighted by Crippen LogP contribution is 2.58. The zero-order valence-electron chi connectivity index (χ0n) is 24.6. The van der Waals surface area contributed by atoms with Gasteiger partial charge < -0.3 is 19.3 Å². The zero-order chi connectivity index (χ0) is 28.0. The molecule has 0 aromatic carbocycles. The summed E-state index contributed by atoms with van der Waals surface area (Å²) in [7, 11) is 0. The van der Waals surface area contributed by atoms with Gasteiger partial charge in [-0.25, -0.2) is 4.79 Å². The Balaban J connectivity index is 2.07. The van der Waals surface area contributed by atoms with Gasteiger partial charge in [0.1, 0.15) is 18.3 Å². The van der Waals surface area contributed by atoms with E-state index in [1.807, 2.05) is 0 Å². The predicted octanol–water partition coefficient (Wildman–Crippen LogP) is 5.00. The molecule has 2 unspecified atom stereocenters. The summed E-state index contributed by atoms with van der Waals surface area (Å²) in [5.41, 5.74) is -1.32. The van der Waals surface area contributed by atoms with E-state index >= 15 is 0 Å². The van der Waals surface area contributed by atoms with Crippen molar-refractivity contribution < 1.29 is 19.3 Å². The zero-order valence-corrected chi connectivity index (χ0v) is 24.6. The lowest BCUT2D eigenvalue weighted by atomic mass is 9.63. The average molecular weight is 523 g/mol. The molecule has 37 heavy (non-hydrogen) atoms. The number of rotatable bonds is 11. The molecular weight excluding hydrogens is 472 g/mol. The van der Waals surface area contributed by atoms with E-state index in [4.69, 9.17) is 14.2 Å². The largest absolute Gasteiger partial charge is 0.394 e. The molecule has 0 saturated carbocycles. The fraction of sp³-hybridized carbons (Fsp3) is 0.862. The van der Waals surface area contributed by atoms with E-state index < -0.39 is 41.6 Å². The first-order valence-corrected chi connectivity index (χ1v) is 13.8. The number of H-pyrrole nitrogens is 1. The number of ether oxygens (including phenoxy) is 3. The summed E-state index contributed by atoms with van der Waals surface area (Å²) in [4.78, 5) is 26.7. The second-order valence-corrected chi connectivity index (χ2v) is 14.3. The number of aliphatic hydroxyl groups is 1. The molecule has 5 atom stereocenters. The standard InChI is InChI=1S/C29H50N2O6/c1-11-25(3,4)16-27(7,8)18-29(28(9,10)17-26(5,6)12-2)36-21-19(15-32)35-23(22(21)37-29)31-14-13-20(33)30-24(31)34/h13-14,19,21-23,32H,11-12,15-18H2,1-10H3,(H,30,33,34)/t19-,21?,22?,23-,29-/m1/s1. The van der Waals surface area contributed by atoms with Crippen molar-refractivity contribution in [2.75, 3.05) is 6.61 Å². The number of aromatic nitrogens is 2. The molecule has 2 aliphatic rings. The van der Waals surface area contributed by atoms with Gasteiger partial charge in [0.25, 0.3) is 5.56 Å². The number of hydrogen-bond acceptors (Lipinski definition) is 6. The first kappa shape index (κ1) is 30.1. The van der Waals surface area contributed by atoms with Crippen molar-refractivity contribution in [2.24, 2.45) is 21.7 Å². The van der Waals surface area contributed by atoms with Crippen molar-refractivity contribution in [3.05, 3.63) is 33.1 Å². The molecule has 1 aromatic heterocycles. The SMILES string of the molecule is CCC(C)(C)CC(C)(C)C[C@]1(C(C)(C)CC(C)(C)CC)OC2C(O1)[C@@H](CO)O[C@H]2n1ccc(=O)[nH]c1=O. The smallest absolute Gasteiger partial charge is 0.330 e. The minimum atomic E-state index is -0.955. The summed E-state index contributed by atoms with van der Waals surface area (Å²) in [6.45, 7) is 22.3. The molecule has 2 N–H and O–H groups in total. The first-order chi connectivity index (χ1) is 16.9. The normalized spacial score (nSPS) is 29.1. The second-order valence-electron chi connectivity index (χ2n) is 14.3. The van der Waals surface area contributed by atoms with E-state index in [1.165, 1.54) is 16.8 Å². The Bertz CT molecular complexity index is 1050. The number of nitrogens with zero attached hydrogens (tertiary/aromatic N) is 1. The molecule has 8 nitrogen and oxygen atoms in total. The van der Waals surface area contributed by atoms with Crippen LogP contribution in [0.15, 0.2) is 21.9 Å².